The van der Waals surface area contributed by atoms with Crippen molar-refractivity contribution in [2.24, 2.45) is 0 Å². The van der Waals surface area contributed by atoms with Gasteiger partial charge in [-0.3, -0.25) is 4.79 Å². The number of nitrogens with one attached hydrogen (secondary N) is 1. The minimum Gasteiger partial charge on any atom is -0.459 e. The second-order valence-corrected chi connectivity index (χ2v) is 10.4. The molecule has 0 bridgehead atoms. The van der Waals surface area contributed by atoms with Crippen molar-refractivity contribution in [1.82, 2.24) is 9.88 Å². The van der Waals surface area contributed by atoms with Crippen LogP contribution in [0.5, 0.6) is 0 Å². The number of ether oxygens (including phenoxy) is 1. The number of fused-ring (bicyclic) bond motifs is 1. The first-order valence-electron chi connectivity index (χ1n) is 11.9. The smallest absolute Gasteiger partial charge is 0.422 e. The van der Waals surface area contributed by atoms with Gasteiger partial charge in [-0.05, 0) is 50.1 Å². The predicted molar refractivity (Wildman–Crippen MR) is 138 cm³/mol. The number of allylic oxidation sites excluding steroid dienone is 1. The lowest BCUT2D eigenvalue weighted by Crippen LogP contribution is -2.37. The zero-order valence-corrected chi connectivity index (χ0v) is 23.1. The molecule has 0 aliphatic carbocycles. The van der Waals surface area contributed by atoms with Crippen molar-refractivity contribution in [1.29, 1.82) is 0 Å². The molecule has 5 nitrogen and oxygen atoms in total. The quantitative estimate of drug-likeness (QED) is 0.234. The zero-order chi connectivity index (χ0) is 29.2. The molecule has 38 heavy (non-hydrogen) atoms. The van der Waals surface area contributed by atoms with Crippen LogP contribution in [-0.4, -0.2) is 40.6 Å². The van der Waals surface area contributed by atoms with Gasteiger partial charge in [0.2, 0.25) is 0 Å². The fourth-order valence-corrected chi connectivity index (χ4v) is 4.80. The molecule has 0 spiro atoms. The lowest BCUT2D eigenvalue weighted by atomic mass is 9.81. The van der Waals surface area contributed by atoms with Crippen molar-refractivity contribution in [2.45, 2.75) is 71.2 Å². The van der Waals surface area contributed by atoms with E-state index >= 15 is 0 Å². The Bertz CT molecular complexity index is 1260. The lowest BCUT2D eigenvalue weighted by molar-refractivity contribution is -0.140. The number of rotatable bonds is 5. The maximum Gasteiger partial charge on any atom is 0.422 e. The van der Waals surface area contributed by atoms with E-state index < -0.39 is 46.1 Å². The molecule has 2 heterocycles. The number of aromatic nitrogens is 1. The Morgan fingerprint density at radius 2 is 1.76 bits per heavy atom. The number of carbonyl (C=O) groups excluding carboxylic acids is 2. The van der Waals surface area contributed by atoms with Gasteiger partial charge in [-0.25, -0.2) is 13.6 Å². The first kappa shape index (κ1) is 31.1. The van der Waals surface area contributed by atoms with Gasteiger partial charge in [-0.2, -0.15) is 13.2 Å². The van der Waals surface area contributed by atoms with Crippen molar-refractivity contribution < 1.29 is 36.3 Å². The fraction of sp³-hybridized carbons (Fsp3) is 0.407. The van der Waals surface area contributed by atoms with Crippen LogP contribution in [0.3, 0.4) is 0 Å². The number of nitrogens with zero attached hydrogens (tertiary/aromatic N) is 1. The number of H-pyrrole nitrogens is 1. The summed E-state index contributed by atoms with van der Waals surface area (Å²) < 4.78 is 72.0. The SMILES string of the molecule is C=C(Sc1[nH]c2c(c1C)C(C)(C)CN(C(=O)c1ccc(F)c(F)c1)C=C2C(=O)OC(C)C)C(F)(F)F.CC. The number of thioether (sulfide) groups is 1. The minimum atomic E-state index is -4.63. The maximum atomic E-state index is 13.8. The van der Waals surface area contributed by atoms with E-state index in [1.165, 1.54) is 11.1 Å². The van der Waals surface area contributed by atoms with Gasteiger partial charge in [-0.1, -0.05) is 46.0 Å². The number of esters is 1. The van der Waals surface area contributed by atoms with Gasteiger partial charge in [0, 0.05) is 23.7 Å². The molecule has 3 rings (SSSR count). The Morgan fingerprint density at radius 3 is 2.29 bits per heavy atom. The summed E-state index contributed by atoms with van der Waals surface area (Å²) in [5, 5.41) is 0.152. The van der Waals surface area contributed by atoms with E-state index in [0.717, 1.165) is 18.2 Å². The number of halogens is 5. The number of aromatic amines is 1. The number of amides is 1. The van der Waals surface area contributed by atoms with Crippen LogP contribution < -0.4 is 0 Å². The van der Waals surface area contributed by atoms with E-state index in [-0.39, 0.29) is 28.4 Å². The van der Waals surface area contributed by atoms with Crippen LogP contribution in [0.4, 0.5) is 22.0 Å². The Hall–Kier alpha value is -3.08. The van der Waals surface area contributed by atoms with Crippen molar-refractivity contribution in [2.75, 3.05) is 6.54 Å². The molecule has 0 atom stereocenters. The van der Waals surface area contributed by atoms with Crippen LogP contribution in [-0.2, 0) is 14.9 Å². The fourth-order valence-electron chi connectivity index (χ4n) is 4.03. The van der Waals surface area contributed by atoms with Crippen molar-refractivity contribution in [3.63, 3.8) is 0 Å². The number of hydrogen-bond acceptors (Lipinski definition) is 4. The summed E-state index contributed by atoms with van der Waals surface area (Å²) in [6.45, 7) is 15.5. The van der Waals surface area contributed by atoms with Crippen LogP contribution in [0.1, 0.15) is 68.7 Å². The molecule has 1 amide bonds. The molecule has 1 aromatic heterocycles. The molecular weight excluding hydrogens is 527 g/mol. The number of alkyl halides is 3. The third kappa shape index (κ3) is 6.67. The molecule has 2 aromatic rings. The molecule has 0 unspecified atom stereocenters. The molecule has 1 aromatic carbocycles. The van der Waals surface area contributed by atoms with Gasteiger partial charge in [0.1, 0.15) is 0 Å². The van der Waals surface area contributed by atoms with Crippen LogP contribution in [0.15, 0.2) is 40.9 Å². The summed E-state index contributed by atoms with van der Waals surface area (Å²) in [7, 11) is 0. The van der Waals surface area contributed by atoms with E-state index in [4.69, 9.17) is 4.74 Å². The first-order valence-corrected chi connectivity index (χ1v) is 12.7. The second-order valence-electron chi connectivity index (χ2n) is 9.29. The molecule has 1 aliphatic rings. The molecule has 0 fully saturated rings. The van der Waals surface area contributed by atoms with E-state index in [2.05, 4.69) is 11.6 Å². The number of benzene rings is 1. The summed E-state index contributed by atoms with van der Waals surface area (Å²) in [5.74, 6) is -3.82. The van der Waals surface area contributed by atoms with Crippen LogP contribution in [0.25, 0.3) is 5.57 Å². The Kier molecular flexibility index (Phi) is 9.63. The average molecular weight is 559 g/mol. The van der Waals surface area contributed by atoms with E-state index in [1.807, 2.05) is 13.8 Å². The predicted octanol–water partition coefficient (Wildman–Crippen LogP) is 7.52. The van der Waals surface area contributed by atoms with Crippen molar-refractivity contribution >= 4 is 29.2 Å². The van der Waals surface area contributed by atoms with Gasteiger partial charge in [0.05, 0.1) is 27.3 Å². The summed E-state index contributed by atoms with van der Waals surface area (Å²) in [5.41, 5.74) is 0.0774. The van der Waals surface area contributed by atoms with Crippen molar-refractivity contribution in [3.05, 3.63) is 69.9 Å². The average Bonchev–Trinajstić information content (AvgIpc) is 3.07. The Labute approximate surface area is 223 Å². The third-order valence-electron chi connectivity index (χ3n) is 5.53. The van der Waals surface area contributed by atoms with Crippen LogP contribution in [0, 0.1) is 18.6 Å². The van der Waals surface area contributed by atoms with E-state index in [1.54, 1.807) is 34.6 Å². The third-order valence-corrected chi connectivity index (χ3v) is 6.62. The molecule has 1 N–H and O–H groups in total. The molecule has 0 saturated carbocycles. The zero-order valence-electron chi connectivity index (χ0n) is 22.3. The molecule has 0 saturated heterocycles. The Balaban J connectivity index is 0.00000247. The van der Waals surface area contributed by atoms with E-state index in [0.29, 0.717) is 22.9 Å². The first-order chi connectivity index (χ1) is 17.5. The monoisotopic (exact) mass is 558 g/mol. The molecule has 208 valence electrons. The van der Waals surface area contributed by atoms with Crippen LogP contribution in [0.2, 0.25) is 0 Å². The summed E-state index contributed by atoms with van der Waals surface area (Å²) in [6, 6.07) is 2.71. The van der Waals surface area contributed by atoms with Gasteiger partial charge < -0.3 is 14.6 Å². The highest BCUT2D eigenvalue weighted by molar-refractivity contribution is 8.03. The highest BCUT2D eigenvalue weighted by Crippen LogP contribution is 2.45. The standard InChI is InChI=1S/C25H25F5N2O3S.C2H6/c1-12(2)35-23(34)16-10-32(22(33)15-7-8-17(26)18(27)9-15)11-24(5,6)19-13(3)21(31-20(16)19)36-14(4)25(28,29)30;1-2/h7-10,12,31H,4,11H2,1-3,5-6H3;1-2H3. The normalized spacial score (nSPS) is 14.7. The summed E-state index contributed by atoms with van der Waals surface area (Å²) in [4.78, 5) is 29.4. The topological polar surface area (TPSA) is 62.4 Å². The largest absolute Gasteiger partial charge is 0.459 e. The van der Waals surface area contributed by atoms with Gasteiger partial charge in [0.15, 0.2) is 11.6 Å². The summed E-state index contributed by atoms with van der Waals surface area (Å²) in [6.07, 6.45) is -3.92. The van der Waals surface area contributed by atoms with Gasteiger partial charge in [-0.15, -0.1) is 0 Å². The molecule has 1 aliphatic heterocycles. The lowest BCUT2D eigenvalue weighted by Gasteiger charge is -2.30. The maximum absolute atomic E-state index is 13.8. The van der Waals surface area contributed by atoms with Gasteiger partial charge >= 0.3 is 12.1 Å². The van der Waals surface area contributed by atoms with Crippen LogP contribution >= 0.6 is 11.8 Å². The highest BCUT2D eigenvalue weighted by atomic mass is 32.2. The summed E-state index contributed by atoms with van der Waals surface area (Å²) >= 11 is 0.401. The molecular formula is C27H31F5N2O3S. The Morgan fingerprint density at radius 1 is 1.16 bits per heavy atom. The van der Waals surface area contributed by atoms with E-state index in [9.17, 15) is 31.5 Å². The second kappa shape index (κ2) is 11.8. The minimum absolute atomic E-state index is 0.0146. The van der Waals surface area contributed by atoms with Crippen molar-refractivity contribution in [3.8, 4) is 0 Å². The number of carbonyl (C=O) groups is 2. The molecule has 11 heteroatoms. The van der Waals surface area contributed by atoms with Gasteiger partial charge in [0.25, 0.3) is 5.91 Å². The highest BCUT2D eigenvalue weighted by Gasteiger charge is 2.40. The number of hydrogen-bond donors (Lipinski definition) is 1. The molecule has 0 radical (unpaired) electrons.